The standard InChI is InChI=1S/C21H20FN3O3/c1-15(28-18-11-9-17(22)10-12-18)20(26)23-24-21(27)19-8-5-13-25(19)14-16-6-3-2-4-7-16/h2-13,15H,14H2,1H3,(H,23,26)(H,24,27). The van der Waals surface area contributed by atoms with Crippen LogP contribution < -0.4 is 15.6 Å². The van der Waals surface area contributed by atoms with E-state index in [1.807, 2.05) is 30.3 Å². The Morgan fingerprint density at radius 3 is 2.43 bits per heavy atom. The van der Waals surface area contributed by atoms with Crippen molar-refractivity contribution < 1.29 is 18.7 Å². The SMILES string of the molecule is CC(Oc1ccc(F)cc1)C(=O)NNC(=O)c1cccn1Cc1ccccc1. The summed E-state index contributed by atoms with van der Waals surface area (Å²) in [6, 6.07) is 18.5. The van der Waals surface area contributed by atoms with Crippen molar-refractivity contribution in [3.8, 4) is 5.75 Å². The molecule has 1 aromatic heterocycles. The van der Waals surface area contributed by atoms with Crippen molar-refractivity contribution in [3.63, 3.8) is 0 Å². The van der Waals surface area contributed by atoms with Gasteiger partial charge >= 0.3 is 0 Å². The van der Waals surface area contributed by atoms with Gasteiger partial charge in [0.15, 0.2) is 6.10 Å². The molecule has 3 rings (SSSR count). The summed E-state index contributed by atoms with van der Waals surface area (Å²) < 4.78 is 20.1. The maximum absolute atomic E-state index is 12.9. The van der Waals surface area contributed by atoms with Gasteiger partial charge in [0, 0.05) is 12.7 Å². The Morgan fingerprint density at radius 1 is 1.00 bits per heavy atom. The number of hydrogen-bond acceptors (Lipinski definition) is 3. The molecular weight excluding hydrogens is 361 g/mol. The average molecular weight is 381 g/mol. The molecule has 1 heterocycles. The summed E-state index contributed by atoms with van der Waals surface area (Å²) in [4.78, 5) is 24.5. The molecule has 0 saturated carbocycles. The maximum atomic E-state index is 12.9. The highest BCUT2D eigenvalue weighted by Crippen LogP contribution is 2.13. The van der Waals surface area contributed by atoms with Crippen LogP contribution in [0.25, 0.3) is 0 Å². The van der Waals surface area contributed by atoms with Crippen LogP contribution in [0.3, 0.4) is 0 Å². The van der Waals surface area contributed by atoms with Gasteiger partial charge in [-0.05, 0) is 48.9 Å². The quantitative estimate of drug-likeness (QED) is 0.645. The lowest BCUT2D eigenvalue weighted by atomic mass is 10.2. The molecule has 0 fully saturated rings. The number of aromatic nitrogens is 1. The van der Waals surface area contributed by atoms with Crippen LogP contribution in [0.2, 0.25) is 0 Å². The van der Waals surface area contributed by atoms with E-state index >= 15 is 0 Å². The van der Waals surface area contributed by atoms with Crippen LogP contribution in [0.15, 0.2) is 72.9 Å². The van der Waals surface area contributed by atoms with Crippen LogP contribution in [0, 0.1) is 5.82 Å². The number of benzene rings is 2. The number of halogens is 1. The highest BCUT2D eigenvalue weighted by Gasteiger charge is 2.17. The van der Waals surface area contributed by atoms with Crippen LogP contribution in [0.4, 0.5) is 4.39 Å². The predicted molar refractivity (Wildman–Crippen MR) is 102 cm³/mol. The molecule has 3 aromatic rings. The molecule has 0 bridgehead atoms. The molecule has 28 heavy (non-hydrogen) atoms. The van der Waals surface area contributed by atoms with Gasteiger partial charge in [0.25, 0.3) is 11.8 Å². The van der Waals surface area contributed by atoms with E-state index in [1.165, 1.54) is 31.2 Å². The number of hydrogen-bond donors (Lipinski definition) is 2. The van der Waals surface area contributed by atoms with Crippen LogP contribution in [-0.2, 0) is 11.3 Å². The second kappa shape index (κ2) is 8.85. The van der Waals surface area contributed by atoms with Crippen molar-refractivity contribution in [3.05, 3.63) is 90.0 Å². The summed E-state index contributed by atoms with van der Waals surface area (Å²) in [6.45, 7) is 2.07. The van der Waals surface area contributed by atoms with E-state index in [1.54, 1.807) is 22.9 Å². The first-order chi connectivity index (χ1) is 13.5. The van der Waals surface area contributed by atoms with Crippen molar-refractivity contribution in [1.82, 2.24) is 15.4 Å². The topological polar surface area (TPSA) is 72.4 Å². The highest BCUT2D eigenvalue weighted by atomic mass is 19.1. The molecule has 0 aliphatic rings. The average Bonchev–Trinajstić information content (AvgIpc) is 3.16. The Hall–Kier alpha value is -3.61. The molecule has 7 heteroatoms. The molecule has 0 spiro atoms. The Morgan fingerprint density at radius 2 is 1.71 bits per heavy atom. The molecular formula is C21H20FN3O3. The fourth-order valence-corrected chi connectivity index (χ4v) is 2.59. The summed E-state index contributed by atoms with van der Waals surface area (Å²) >= 11 is 0. The lowest BCUT2D eigenvalue weighted by Crippen LogP contribution is -2.47. The van der Waals surface area contributed by atoms with E-state index in [9.17, 15) is 14.0 Å². The molecule has 6 nitrogen and oxygen atoms in total. The van der Waals surface area contributed by atoms with Gasteiger partial charge in [-0.2, -0.15) is 0 Å². The summed E-state index contributed by atoms with van der Waals surface area (Å²) in [5.74, 6) is -1.01. The normalized spacial score (nSPS) is 11.5. The summed E-state index contributed by atoms with van der Waals surface area (Å²) in [5, 5.41) is 0. The molecule has 0 saturated heterocycles. The smallest absolute Gasteiger partial charge is 0.286 e. The fraction of sp³-hybridized carbons (Fsp3) is 0.143. The summed E-state index contributed by atoms with van der Waals surface area (Å²) in [7, 11) is 0. The van der Waals surface area contributed by atoms with Crippen LogP contribution in [0.1, 0.15) is 23.0 Å². The van der Waals surface area contributed by atoms with Gasteiger partial charge in [-0.25, -0.2) is 4.39 Å². The second-order valence-corrected chi connectivity index (χ2v) is 6.16. The fourth-order valence-electron chi connectivity index (χ4n) is 2.59. The number of nitrogens with one attached hydrogen (secondary N) is 2. The first-order valence-electron chi connectivity index (χ1n) is 8.74. The van der Waals surface area contributed by atoms with Crippen LogP contribution in [-0.4, -0.2) is 22.5 Å². The van der Waals surface area contributed by atoms with E-state index < -0.39 is 23.7 Å². The van der Waals surface area contributed by atoms with Gasteiger partial charge in [0.2, 0.25) is 0 Å². The first-order valence-corrected chi connectivity index (χ1v) is 8.74. The Kier molecular flexibility index (Phi) is 6.06. The largest absolute Gasteiger partial charge is 0.481 e. The summed E-state index contributed by atoms with van der Waals surface area (Å²) in [5.41, 5.74) is 6.20. The molecule has 1 atom stereocenters. The van der Waals surface area contributed by atoms with Gasteiger partial charge in [0.1, 0.15) is 17.3 Å². The van der Waals surface area contributed by atoms with Crippen molar-refractivity contribution in [2.45, 2.75) is 19.6 Å². The van der Waals surface area contributed by atoms with Crippen molar-refractivity contribution >= 4 is 11.8 Å². The zero-order chi connectivity index (χ0) is 19.9. The molecule has 2 aromatic carbocycles. The third-order valence-electron chi connectivity index (χ3n) is 4.05. The number of hydrazine groups is 1. The first kappa shape index (κ1) is 19.2. The van der Waals surface area contributed by atoms with Crippen molar-refractivity contribution in [2.24, 2.45) is 0 Å². The zero-order valence-electron chi connectivity index (χ0n) is 15.3. The number of rotatable bonds is 6. The number of amides is 2. The minimum atomic E-state index is -0.873. The second-order valence-electron chi connectivity index (χ2n) is 6.16. The van der Waals surface area contributed by atoms with Crippen molar-refractivity contribution in [1.29, 1.82) is 0 Å². The third kappa shape index (κ3) is 4.97. The van der Waals surface area contributed by atoms with Gasteiger partial charge in [-0.3, -0.25) is 20.4 Å². The van der Waals surface area contributed by atoms with Crippen molar-refractivity contribution in [2.75, 3.05) is 0 Å². The number of carbonyl (C=O) groups is 2. The Labute approximate surface area is 161 Å². The minimum Gasteiger partial charge on any atom is -0.481 e. The maximum Gasteiger partial charge on any atom is 0.286 e. The van der Waals surface area contributed by atoms with E-state index in [2.05, 4.69) is 10.9 Å². The number of ether oxygens (including phenoxy) is 1. The molecule has 0 aliphatic heterocycles. The molecule has 2 N–H and O–H groups in total. The van der Waals surface area contributed by atoms with Crippen LogP contribution >= 0.6 is 0 Å². The van der Waals surface area contributed by atoms with Gasteiger partial charge in [-0.1, -0.05) is 30.3 Å². The predicted octanol–water partition coefficient (Wildman–Crippen LogP) is 2.90. The lowest BCUT2D eigenvalue weighted by molar-refractivity contribution is -0.128. The number of nitrogens with zero attached hydrogens (tertiary/aromatic N) is 1. The van der Waals surface area contributed by atoms with Crippen LogP contribution in [0.5, 0.6) is 5.75 Å². The monoisotopic (exact) mass is 381 g/mol. The summed E-state index contributed by atoms with van der Waals surface area (Å²) in [6.07, 6.45) is 0.922. The number of carbonyl (C=O) groups excluding carboxylic acids is 2. The van der Waals surface area contributed by atoms with E-state index in [0.29, 0.717) is 18.0 Å². The molecule has 0 aliphatic carbocycles. The Bertz CT molecular complexity index is 939. The van der Waals surface area contributed by atoms with E-state index in [0.717, 1.165) is 5.56 Å². The molecule has 144 valence electrons. The zero-order valence-corrected chi connectivity index (χ0v) is 15.3. The highest BCUT2D eigenvalue weighted by molar-refractivity contribution is 5.94. The molecule has 2 amide bonds. The third-order valence-corrected chi connectivity index (χ3v) is 4.05. The van der Waals surface area contributed by atoms with Gasteiger partial charge in [-0.15, -0.1) is 0 Å². The van der Waals surface area contributed by atoms with E-state index in [-0.39, 0.29) is 0 Å². The Balaban J connectivity index is 1.54. The molecule has 1 unspecified atom stereocenters. The van der Waals surface area contributed by atoms with E-state index in [4.69, 9.17) is 4.74 Å². The van der Waals surface area contributed by atoms with Gasteiger partial charge < -0.3 is 9.30 Å². The van der Waals surface area contributed by atoms with Gasteiger partial charge in [0.05, 0.1) is 0 Å². The minimum absolute atomic E-state index is 0.354. The lowest BCUT2D eigenvalue weighted by Gasteiger charge is -2.15. The molecule has 0 radical (unpaired) electrons.